The van der Waals surface area contributed by atoms with E-state index in [1.807, 2.05) is 0 Å². The summed E-state index contributed by atoms with van der Waals surface area (Å²) in [6, 6.07) is 4.56. The lowest BCUT2D eigenvalue weighted by Gasteiger charge is -2.32. The van der Waals surface area contributed by atoms with Crippen LogP contribution in [0.25, 0.3) is 11.4 Å². The number of piperidine rings is 1. The minimum Gasteiger partial charge on any atom is -0.493 e. The van der Waals surface area contributed by atoms with Gasteiger partial charge in [0.2, 0.25) is 11.7 Å². The van der Waals surface area contributed by atoms with E-state index < -0.39 is 6.61 Å². The van der Waals surface area contributed by atoms with Crippen molar-refractivity contribution < 1.29 is 22.8 Å². The van der Waals surface area contributed by atoms with Crippen LogP contribution < -0.4 is 9.47 Å². The Morgan fingerprint density at radius 3 is 2.64 bits per heavy atom. The number of nitrogens with zero attached hydrogens (tertiary/aromatic N) is 4. The average molecular weight is 396 g/mol. The fraction of sp³-hybridized carbons (Fsp3) is 0.579. The molecule has 1 aromatic carbocycles. The summed E-state index contributed by atoms with van der Waals surface area (Å²) < 4.78 is 39.8. The van der Waals surface area contributed by atoms with Gasteiger partial charge in [-0.05, 0) is 64.1 Å². The number of aromatic nitrogens is 2. The van der Waals surface area contributed by atoms with Crippen molar-refractivity contribution in [2.24, 2.45) is 5.92 Å². The summed E-state index contributed by atoms with van der Waals surface area (Å²) in [5, 5.41) is 4.01. The van der Waals surface area contributed by atoms with E-state index in [-0.39, 0.29) is 11.5 Å². The van der Waals surface area contributed by atoms with Crippen molar-refractivity contribution in [2.45, 2.75) is 26.0 Å². The van der Waals surface area contributed by atoms with Crippen molar-refractivity contribution in [3.63, 3.8) is 0 Å². The molecule has 28 heavy (non-hydrogen) atoms. The first-order valence-corrected chi connectivity index (χ1v) is 9.27. The van der Waals surface area contributed by atoms with Gasteiger partial charge in [0.25, 0.3) is 0 Å². The Morgan fingerprint density at radius 1 is 1.25 bits per heavy atom. The molecular formula is C19H26F2N4O3. The number of halogens is 2. The van der Waals surface area contributed by atoms with Crippen molar-refractivity contribution in [1.29, 1.82) is 0 Å². The van der Waals surface area contributed by atoms with Crippen LogP contribution in [-0.2, 0) is 6.54 Å². The number of rotatable bonds is 8. The van der Waals surface area contributed by atoms with Gasteiger partial charge in [-0.1, -0.05) is 5.16 Å². The molecule has 0 atom stereocenters. The van der Waals surface area contributed by atoms with Crippen LogP contribution in [0.3, 0.4) is 0 Å². The maximum absolute atomic E-state index is 12.4. The fourth-order valence-electron chi connectivity index (χ4n) is 3.47. The highest BCUT2D eigenvalue weighted by atomic mass is 19.3. The molecule has 0 aliphatic carbocycles. The first-order chi connectivity index (χ1) is 13.4. The van der Waals surface area contributed by atoms with Crippen LogP contribution in [0.5, 0.6) is 11.5 Å². The fourth-order valence-corrected chi connectivity index (χ4v) is 3.47. The summed E-state index contributed by atoms with van der Waals surface area (Å²) in [6.45, 7) is 0.808. The third-order valence-corrected chi connectivity index (χ3v) is 4.80. The number of hydrogen-bond acceptors (Lipinski definition) is 7. The molecule has 1 fully saturated rings. The number of benzene rings is 1. The molecule has 2 aromatic rings. The summed E-state index contributed by atoms with van der Waals surface area (Å²) >= 11 is 0. The normalized spacial score (nSPS) is 16.1. The highest BCUT2D eigenvalue weighted by Crippen LogP contribution is 2.32. The van der Waals surface area contributed by atoms with Gasteiger partial charge in [-0.3, -0.25) is 4.90 Å². The zero-order valence-electron chi connectivity index (χ0n) is 16.4. The minimum atomic E-state index is -2.92. The van der Waals surface area contributed by atoms with Gasteiger partial charge < -0.3 is 18.9 Å². The Kier molecular flexibility index (Phi) is 6.79. The molecule has 9 heteroatoms. The topological polar surface area (TPSA) is 63.9 Å². The van der Waals surface area contributed by atoms with Gasteiger partial charge in [0.05, 0.1) is 13.7 Å². The van der Waals surface area contributed by atoms with Crippen molar-refractivity contribution in [2.75, 3.05) is 40.8 Å². The molecule has 1 saturated heterocycles. The lowest BCUT2D eigenvalue weighted by Crippen LogP contribution is -2.36. The Labute approximate surface area is 163 Å². The van der Waals surface area contributed by atoms with Crippen LogP contribution >= 0.6 is 0 Å². The van der Waals surface area contributed by atoms with Gasteiger partial charge in [0.1, 0.15) is 0 Å². The second-order valence-electron chi connectivity index (χ2n) is 7.24. The predicted molar refractivity (Wildman–Crippen MR) is 99.5 cm³/mol. The highest BCUT2D eigenvalue weighted by Gasteiger charge is 2.22. The first kappa shape index (κ1) is 20.5. The zero-order chi connectivity index (χ0) is 20.1. The lowest BCUT2D eigenvalue weighted by molar-refractivity contribution is -0.0512. The SMILES string of the molecule is COc1cc(-c2noc(CN3CCC(CN(C)C)CC3)n2)ccc1OC(F)F. The average Bonchev–Trinajstić information content (AvgIpc) is 3.11. The molecule has 0 saturated carbocycles. The molecular weight excluding hydrogens is 370 g/mol. The highest BCUT2D eigenvalue weighted by molar-refractivity contribution is 5.60. The molecule has 1 aliphatic rings. The Balaban J connectivity index is 1.61. The molecule has 0 spiro atoms. The maximum atomic E-state index is 12.4. The molecule has 1 aromatic heterocycles. The summed E-state index contributed by atoms with van der Waals surface area (Å²) in [7, 11) is 5.60. The molecule has 1 aliphatic heterocycles. The van der Waals surface area contributed by atoms with E-state index in [1.54, 1.807) is 12.1 Å². The molecule has 2 heterocycles. The van der Waals surface area contributed by atoms with E-state index >= 15 is 0 Å². The van der Waals surface area contributed by atoms with Crippen LogP contribution in [0, 0.1) is 5.92 Å². The van der Waals surface area contributed by atoms with Crippen molar-refractivity contribution in [1.82, 2.24) is 19.9 Å². The van der Waals surface area contributed by atoms with Crippen LogP contribution in [0.4, 0.5) is 8.78 Å². The van der Waals surface area contributed by atoms with Gasteiger partial charge in [-0.25, -0.2) is 0 Å². The van der Waals surface area contributed by atoms with Crippen LogP contribution in [-0.4, -0.2) is 67.4 Å². The zero-order valence-corrected chi connectivity index (χ0v) is 16.4. The van der Waals surface area contributed by atoms with Crippen molar-refractivity contribution in [3.8, 4) is 22.9 Å². The summed E-state index contributed by atoms with van der Waals surface area (Å²) in [5.74, 6) is 1.80. The molecule has 0 radical (unpaired) electrons. The van der Waals surface area contributed by atoms with Gasteiger partial charge >= 0.3 is 6.61 Å². The second kappa shape index (κ2) is 9.29. The number of methoxy groups -OCH3 is 1. The van der Waals surface area contributed by atoms with E-state index in [0.717, 1.165) is 38.4 Å². The predicted octanol–water partition coefficient (Wildman–Crippen LogP) is 3.12. The minimum absolute atomic E-state index is 0.0365. The smallest absolute Gasteiger partial charge is 0.387 e. The van der Waals surface area contributed by atoms with E-state index in [2.05, 4.69) is 38.8 Å². The third kappa shape index (κ3) is 5.39. The molecule has 0 bridgehead atoms. The monoisotopic (exact) mass is 396 g/mol. The number of ether oxygens (including phenoxy) is 2. The van der Waals surface area contributed by atoms with E-state index in [1.165, 1.54) is 13.2 Å². The van der Waals surface area contributed by atoms with Gasteiger partial charge in [0, 0.05) is 12.1 Å². The number of alkyl halides is 2. The Morgan fingerprint density at radius 2 is 2.00 bits per heavy atom. The number of likely N-dealkylation sites (tertiary alicyclic amines) is 1. The summed E-state index contributed by atoms with van der Waals surface area (Å²) in [5.41, 5.74) is 0.609. The first-order valence-electron chi connectivity index (χ1n) is 9.27. The van der Waals surface area contributed by atoms with Gasteiger partial charge in [0.15, 0.2) is 11.5 Å². The summed E-state index contributed by atoms with van der Waals surface area (Å²) in [4.78, 5) is 8.98. The van der Waals surface area contributed by atoms with Gasteiger partial charge in [-0.15, -0.1) is 0 Å². The van der Waals surface area contributed by atoms with Crippen LogP contribution in [0.2, 0.25) is 0 Å². The lowest BCUT2D eigenvalue weighted by atomic mass is 9.96. The Bertz CT molecular complexity index is 761. The van der Waals surface area contributed by atoms with Crippen molar-refractivity contribution >= 4 is 0 Å². The van der Waals surface area contributed by atoms with E-state index in [9.17, 15) is 8.78 Å². The largest absolute Gasteiger partial charge is 0.493 e. The van der Waals surface area contributed by atoms with Crippen LogP contribution in [0.1, 0.15) is 18.7 Å². The second-order valence-corrected chi connectivity index (χ2v) is 7.24. The molecule has 154 valence electrons. The molecule has 0 amide bonds. The molecule has 3 rings (SSSR count). The van der Waals surface area contributed by atoms with Gasteiger partial charge in [-0.2, -0.15) is 13.8 Å². The standard InChI is InChI=1S/C19H26F2N4O3/c1-24(2)11-13-6-8-25(9-7-13)12-17-22-18(23-28-17)14-4-5-15(27-19(20)21)16(10-14)26-3/h4-5,10,13,19H,6-9,11-12H2,1-3H3. The summed E-state index contributed by atoms with van der Waals surface area (Å²) in [6.07, 6.45) is 2.31. The quantitative estimate of drug-likeness (QED) is 0.679. The maximum Gasteiger partial charge on any atom is 0.387 e. The number of hydrogen-bond donors (Lipinski definition) is 0. The van der Waals surface area contributed by atoms with E-state index in [0.29, 0.717) is 23.8 Å². The Hall–Kier alpha value is -2.26. The van der Waals surface area contributed by atoms with E-state index in [4.69, 9.17) is 9.26 Å². The van der Waals surface area contributed by atoms with Crippen LogP contribution in [0.15, 0.2) is 22.7 Å². The molecule has 7 nitrogen and oxygen atoms in total. The molecule has 0 N–H and O–H groups in total. The van der Waals surface area contributed by atoms with Crippen molar-refractivity contribution in [3.05, 3.63) is 24.1 Å². The molecule has 0 unspecified atom stereocenters. The third-order valence-electron chi connectivity index (χ3n) is 4.80.